The lowest BCUT2D eigenvalue weighted by Gasteiger charge is -2.33. The Morgan fingerprint density at radius 3 is 2.93 bits per heavy atom. The molecule has 0 radical (unpaired) electrons. The van der Waals surface area contributed by atoms with Crippen LogP contribution in [-0.4, -0.2) is 41.3 Å². The summed E-state index contributed by atoms with van der Waals surface area (Å²) in [5.74, 6) is 2.70. The van der Waals surface area contributed by atoms with Gasteiger partial charge < -0.3 is 0 Å². The van der Waals surface area contributed by atoms with Gasteiger partial charge in [0.1, 0.15) is 5.78 Å². The topological polar surface area (TPSA) is 20.3 Å². The highest BCUT2D eigenvalue weighted by molar-refractivity contribution is 7.99. The molecule has 0 aromatic carbocycles. The molecule has 1 rings (SSSR count). The number of rotatable bonds is 5. The fourth-order valence-corrected chi connectivity index (χ4v) is 2.70. The zero-order chi connectivity index (χ0) is 10.4. The second kappa shape index (κ2) is 6.46. The second-order valence-electron chi connectivity index (χ2n) is 3.86. The Kier molecular flexibility index (Phi) is 5.56. The van der Waals surface area contributed by atoms with Crippen LogP contribution in [0.5, 0.6) is 0 Å². The minimum atomic E-state index is 0.223. The van der Waals surface area contributed by atoms with Crippen LogP contribution in [0, 0.1) is 0 Å². The van der Waals surface area contributed by atoms with Crippen molar-refractivity contribution in [3.8, 4) is 0 Å². The molecule has 1 fully saturated rings. The van der Waals surface area contributed by atoms with Crippen molar-refractivity contribution in [3.63, 3.8) is 0 Å². The number of hydrogen-bond donors (Lipinski definition) is 0. The average Bonchev–Trinajstić information content (AvgIpc) is 2.19. The SMILES string of the molecule is CCSCCN1CCCCC1C(C)=O. The Morgan fingerprint density at radius 2 is 2.29 bits per heavy atom. The standard InChI is InChI=1S/C11H21NOS/c1-3-14-9-8-12-7-5-4-6-11(12)10(2)13/h11H,3-9H2,1-2H3. The zero-order valence-electron chi connectivity index (χ0n) is 9.29. The first-order valence-corrected chi connectivity index (χ1v) is 6.73. The predicted octanol–water partition coefficient (Wildman–Crippen LogP) is 2.18. The van der Waals surface area contributed by atoms with Gasteiger partial charge in [0.2, 0.25) is 0 Å². The second-order valence-corrected chi connectivity index (χ2v) is 5.25. The third-order valence-electron chi connectivity index (χ3n) is 2.81. The van der Waals surface area contributed by atoms with E-state index in [1.165, 1.54) is 24.3 Å². The van der Waals surface area contributed by atoms with E-state index in [1.54, 1.807) is 6.92 Å². The molecule has 0 saturated carbocycles. The molecule has 0 N–H and O–H groups in total. The molecule has 2 nitrogen and oxygen atoms in total. The van der Waals surface area contributed by atoms with E-state index in [9.17, 15) is 4.79 Å². The van der Waals surface area contributed by atoms with Crippen LogP contribution in [0.3, 0.4) is 0 Å². The molecule has 0 amide bonds. The van der Waals surface area contributed by atoms with Crippen molar-refractivity contribution in [1.29, 1.82) is 0 Å². The molecular weight excluding hydrogens is 194 g/mol. The van der Waals surface area contributed by atoms with Crippen LogP contribution in [0.2, 0.25) is 0 Å². The van der Waals surface area contributed by atoms with E-state index < -0.39 is 0 Å². The van der Waals surface area contributed by atoms with Crippen molar-refractivity contribution in [1.82, 2.24) is 4.90 Å². The summed E-state index contributed by atoms with van der Waals surface area (Å²) in [6, 6.07) is 0.223. The Bertz CT molecular complexity index is 184. The number of Topliss-reactive ketones (excluding diaryl/α,β-unsaturated/α-hetero) is 1. The Morgan fingerprint density at radius 1 is 1.50 bits per heavy atom. The highest BCUT2D eigenvalue weighted by Gasteiger charge is 2.24. The first kappa shape index (κ1) is 12.1. The van der Waals surface area contributed by atoms with Crippen molar-refractivity contribution in [3.05, 3.63) is 0 Å². The van der Waals surface area contributed by atoms with E-state index in [-0.39, 0.29) is 6.04 Å². The number of thioether (sulfide) groups is 1. The minimum absolute atomic E-state index is 0.223. The molecule has 14 heavy (non-hydrogen) atoms. The number of carbonyl (C=O) groups is 1. The van der Waals surface area contributed by atoms with Gasteiger partial charge in [-0.3, -0.25) is 9.69 Å². The van der Waals surface area contributed by atoms with Crippen LogP contribution >= 0.6 is 11.8 Å². The van der Waals surface area contributed by atoms with Gasteiger partial charge >= 0.3 is 0 Å². The lowest BCUT2D eigenvalue weighted by atomic mass is 9.99. The molecule has 3 heteroatoms. The Labute approximate surface area is 91.4 Å². The third-order valence-corrected chi connectivity index (χ3v) is 3.69. The molecule has 0 aliphatic carbocycles. The van der Waals surface area contributed by atoms with E-state index in [1.807, 2.05) is 11.8 Å². The fourth-order valence-electron chi connectivity index (χ4n) is 2.05. The summed E-state index contributed by atoms with van der Waals surface area (Å²) < 4.78 is 0. The van der Waals surface area contributed by atoms with E-state index in [0.717, 1.165) is 19.5 Å². The average molecular weight is 215 g/mol. The van der Waals surface area contributed by atoms with Gasteiger partial charge in [-0.05, 0) is 32.1 Å². The number of carbonyl (C=O) groups excluding carboxylic acids is 1. The fraction of sp³-hybridized carbons (Fsp3) is 0.909. The van der Waals surface area contributed by atoms with E-state index >= 15 is 0 Å². The van der Waals surface area contributed by atoms with Gasteiger partial charge in [0.15, 0.2) is 0 Å². The van der Waals surface area contributed by atoms with Crippen molar-refractivity contribution in [2.75, 3.05) is 24.6 Å². The smallest absolute Gasteiger partial charge is 0.146 e. The molecule has 0 bridgehead atoms. The molecule has 1 saturated heterocycles. The summed E-state index contributed by atoms with van der Waals surface area (Å²) in [5, 5.41) is 0. The largest absolute Gasteiger partial charge is 0.298 e. The summed E-state index contributed by atoms with van der Waals surface area (Å²) in [4.78, 5) is 13.8. The van der Waals surface area contributed by atoms with Crippen LogP contribution in [-0.2, 0) is 4.79 Å². The van der Waals surface area contributed by atoms with Gasteiger partial charge in [0, 0.05) is 12.3 Å². The lowest BCUT2D eigenvalue weighted by Crippen LogP contribution is -2.44. The lowest BCUT2D eigenvalue weighted by molar-refractivity contribution is -0.123. The third kappa shape index (κ3) is 3.62. The van der Waals surface area contributed by atoms with Gasteiger partial charge in [0.25, 0.3) is 0 Å². The summed E-state index contributed by atoms with van der Waals surface area (Å²) in [7, 11) is 0. The van der Waals surface area contributed by atoms with Gasteiger partial charge in [0.05, 0.1) is 6.04 Å². The molecule has 0 aromatic rings. The number of ketones is 1. The molecule has 1 aliphatic heterocycles. The number of piperidine rings is 1. The molecule has 0 spiro atoms. The van der Waals surface area contributed by atoms with Crippen molar-refractivity contribution < 1.29 is 4.79 Å². The van der Waals surface area contributed by atoms with E-state index in [4.69, 9.17) is 0 Å². The van der Waals surface area contributed by atoms with E-state index in [2.05, 4.69) is 11.8 Å². The van der Waals surface area contributed by atoms with Crippen molar-refractivity contribution in [2.24, 2.45) is 0 Å². The number of likely N-dealkylation sites (tertiary alicyclic amines) is 1. The molecular formula is C11H21NOS. The van der Waals surface area contributed by atoms with Crippen molar-refractivity contribution in [2.45, 2.75) is 39.2 Å². The Hall–Kier alpha value is -0.0200. The van der Waals surface area contributed by atoms with Gasteiger partial charge in [-0.1, -0.05) is 13.3 Å². The highest BCUT2D eigenvalue weighted by Crippen LogP contribution is 2.18. The van der Waals surface area contributed by atoms with Gasteiger partial charge in [-0.25, -0.2) is 0 Å². The van der Waals surface area contributed by atoms with Crippen LogP contribution in [0.15, 0.2) is 0 Å². The summed E-state index contributed by atoms with van der Waals surface area (Å²) in [6.45, 7) is 6.12. The van der Waals surface area contributed by atoms with Crippen LogP contribution in [0.4, 0.5) is 0 Å². The molecule has 1 heterocycles. The normalized spacial score (nSPS) is 23.7. The maximum absolute atomic E-state index is 11.4. The van der Waals surface area contributed by atoms with Crippen LogP contribution < -0.4 is 0 Å². The monoisotopic (exact) mass is 215 g/mol. The molecule has 0 aromatic heterocycles. The predicted molar refractivity (Wildman–Crippen MR) is 62.9 cm³/mol. The maximum atomic E-state index is 11.4. The number of nitrogens with zero attached hydrogens (tertiary/aromatic N) is 1. The first-order valence-electron chi connectivity index (χ1n) is 5.58. The Balaban J connectivity index is 2.34. The number of hydrogen-bond acceptors (Lipinski definition) is 3. The highest BCUT2D eigenvalue weighted by atomic mass is 32.2. The molecule has 82 valence electrons. The first-order chi connectivity index (χ1) is 6.75. The summed E-state index contributed by atoms with van der Waals surface area (Å²) in [6.07, 6.45) is 3.56. The zero-order valence-corrected chi connectivity index (χ0v) is 10.1. The quantitative estimate of drug-likeness (QED) is 0.656. The van der Waals surface area contributed by atoms with Crippen molar-refractivity contribution >= 4 is 17.5 Å². The summed E-state index contributed by atoms with van der Waals surface area (Å²) >= 11 is 1.96. The van der Waals surface area contributed by atoms with Crippen LogP contribution in [0.1, 0.15) is 33.1 Å². The molecule has 1 atom stereocenters. The molecule has 1 unspecified atom stereocenters. The van der Waals surface area contributed by atoms with Crippen LogP contribution in [0.25, 0.3) is 0 Å². The van der Waals surface area contributed by atoms with Gasteiger partial charge in [-0.2, -0.15) is 11.8 Å². The van der Waals surface area contributed by atoms with Gasteiger partial charge in [-0.15, -0.1) is 0 Å². The van der Waals surface area contributed by atoms with E-state index in [0.29, 0.717) is 5.78 Å². The molecule has 1 aliphatic rings. The minimum Gasteiger partial charge on any atom is -0.298 e. The maximum Gasteiger partial charge on any atom is 0.146 e. The summed E-state index contributed by atoms with van der Waals surface area (Å²) in [5.41, 5.74) is 0.